The fourth-order valence-electron chi connectivity index (χ4n) is 2.75. The molecule has 1 heterocycles. The molecule has 1 saturated heterocycles. The van der Waals surface area contributed by atoms with Crippen molar-refractivity contribution in [3.63, 3.8) is 0 Å². The van der Waals surface area contributed by atoms with Crippen molar-refractivity contribution >= 4 is 28.9 Å². The molecule has 0 aliphatic carbocycles. The Balaban J connectivity index is 2.56. The molecule has 1 aliphatic rings. The Hall–Kier alpha value is -1.82. The third kappa shape index (κ3) is 3.10. The minimum Gasteiger partial charge on any atom is -0.478 e. The van der Waals surface area contributed by atoms with Gasteiger partial charge in [-0.25, -0.2) is 4.79 Å². The highest BCUT2D eigenvalue weighted by atomic mass is 35.5. The van der Waals surface area contributed by atoms with Gasteiger partial charge in [0, 0.05) is 24.7 Å². The number of carboxylic acids is 1. The van der Waals surface area contributed by atoms with Gasteiger partial charge in [-0.2, -0.15) is 0 Å². The number of carboxylic acid groups (broad SMARTS) is 1. The van der Waals surface area contributed by atoms with Crippen molar-refractivity contribution in [1.29, 1.82) is 0 Å². The fraction of sp³-hybridized carbons (Fsp3) is 0.500. The summed E-state index contributed by atoms with van der Waals surface area (Å²) in [6.45, 7) is 4.80. The maximum Gasteiger partial charge on any atom is 0.338 e. The van der Waals surface area contributed by atoms with Gasteiger partial charge >= 0.3 is 5.97 Å². The lowest BCUT2D eigenvalue weighted by atomic mass is 9.93. The number of nitrogens with zero attached hydrogens (tertiary/aromatic N) is 2. The number of anilines is 1. The van der Waals surface area contributed by atoms with Crippen LogP contribution in [-0.2, 0) is 0 Å². The number of hydrogen-bond acceptors (Lipinski definition) is 4. The average Bonchev–Trinajstić information content (AvgIpc) is 2.40. The quantitative estimate of drug-likeness (QED) is 0.681. The number of hydrogen-bond donors (Lipinski definition) is 1. The summed E-state index contributed by atoms with van der Waals surface area (Å²) in [4.78, 5) is 23.7. The molecule has 1 fully saturated rings. The van der Waals surface area contributed by atoms with Gasteiger partial charge in [-0.05, 0) is 25.7 Å². The van der Waals surface area contributed by atoms with Crippen LogP contribution in [0.3, 0.4) is 0 Å². The van der Waals surface area contributed by atoms with Gasteiger partial charge < -0.3 is 10.0 Å². The summed E-state index contributed by atoms with van der Waals surface area (Å²) in [7, 11) is 0. The van der Waals surface area contributed by atoms with Gasteiger partial charge in [-0.15, -0.1) is 0 Å². The number of nitro benzene ring substituents is 1. The van der Waals surface area contributed by atoms with E-state index >= 15 is 0 Å². The topological polar surface area (TPSA) is 83.7 Å². The normalized spacial score (nSPS) is 22.1. The molecule has 2 rings (SSSR count). The molecule has 1 N–H and O–H groups in total. The van der Waals surface area contributed by atoms with Crippen LogP contribution in [0.25, 0.3) is 0 Å². The summed E-state index contributed by atoms with van der Waals surface area (Å²) in [6, 6.07) is 2.45. The second-order valence-corrected chi connectivity index (χ2v) is 5.98. The first-order valence-corrected chi connectivity index (χ1v) is 7.17. The number of non-ortho nitro benzene ring substituents is 1. The summed E-state index contributed by atoms with van der Waals surface area (Å²) in [5.74, 6) is -0.782. The number of rotatable bonds is 3. The van der Waals surface area contributed by atoms with Crippen molar-refractivity contribution < 1.29 is 14.8 Å². The molecule has 2 unspecified atom stereocenters. The van der Waals surface area contributed by atoms with Crippen LogP contribution < -0.4 is 4.90 Å². The largest absolute Gasteiger partial charge is 0.478 e. The molecule has 6 nitrogen and oxygen atoms in total. The van der Waals surface area contributed by atoms with Gasteiger partial charge in [0.1, 0.15) is 0 Å². The van der Waals surface area contributed by atoms with E-state index in [0.717, 1.165) is 18.9 Å². The van der Waals surface area contributed by atoms with Crippen LogP contribution in [0.4, 0.5) is 11.4 Å². The zero-order valence-corrected chi connectivity index (χ0v) is 12.6. The van der Waals surface area contributed by atoms with Crippen LogP contribution in [0, 0.1) is 16.0 Å². The van der Waals surface area contributed by atoms with E-state index in [0.29, 0.717) is 18.2 Å². The maximum atomic E-state index is 11.5. The minimum absolute atomic E-state index is 0.113. The number of halogens is 1. The third-order valence-corrected chi connectivity index (χ3v) is 4.18. The van der Waals surface area contributed by atoms with Gasteiger partial charge in [0.15, 0.2) is 0 Å². The zero-order chi connectivity index (χ0) is 15.7. The van der Waals surface area contributed by atoms with Gasteiger partial charge in [0.05, 0.1) is 21.2 Å². The first-order valence-electron chi connectivity index (χ1n) is 6.79. The molecule has 1 aromatic carbocycles. The number of carbonyl (C=O) groups is 1. The van der Waals surface area contributed by atoms with Crippen LogP contribution in [0.2, 0.25) is 5.02 Å². The van der Waals surface area contributed by atoms with E-state index in [1.807, 2.05) is 11.8 Å². The van der Waals surface area contributed by atoms with Crippen LogP contribution in [0.15, 0.2) is 12.1 Å². The van der Waals surface area contributed by atoms with Crippen molar-refractivity contribution in [3.8, 4) is 0 Å². The minimum atomic E-state index is -1.21. The number of benzene rings is 1. The van der Waals surface area contributed by atoms with Gasteiger partial charge in [-0.1, -0.05) is 18.5 Å². The summed E-state index contributed by atoms with van der Waals surface area (Å²) in [5, 5.41) is 20.4. The monoisotopic (exact) mass is 312 g/mol. The Morgan fingerprint density at radius 3 is 2.67 bits per heavy atom. The van der Waals surface area contributed by atoms with E-state index in [4.69, 9.17) is 11.6 Å². The highest BCUT2D eigenvalue weighted by Crippen LogP contribution is 2.38. The van der Waals surface area contributed by atoms with E-state index in [-0.39, 0.29) is 22.3 Å². The standard InChI is InChI=1S/C14H17ClN2O4/c1-8-3-4-9(2)16(7-8)13-11(14(18)19)5-10(17(20)21)6-12(13)15/h5-6,8-9H,3-4,7H2,1-2H3,(H,18,19). The summed E-state index contributed by atoms with van der Waals surface area (Å²) in [6.07, 6.45) is 2.01. The molecule has 2 atom stereocenters. The molecule has 0 amide bonds. The third-order valence-electron chi connectivity index (χ3n) is 3.89. The summed E-state index contributed by atoms with van der Waals surface area (Å²) in [5.41, 5.74) is -0.0390. The Morgan fingerprint density at radius 1 is 1.43 bits per heavy atom. The van der Waals surface area contributed by atoms with Gasteiger partial charge in [0.2, 0.25) is 0 Å². The lowest BCUT2D eigenvalue weighted by Crippen LogP contribution is -2.42. The summed E-state index contributed by atoms with van der Waals surface area (Å²) >= 11 is 6.16. The van der Waals surface area contributed by atoms with Crippen LogP contribution >= 0.6 is 11.6 Å². The molecular weight excluding hydrogens is 296 g/mol. The van der Waals surface area contributed by atoms with Crippen LogP contribution in [0.1, 0.15) is 37.0 Å². The van der Waals surface area contributed by atoms with Crippen LogP contribution in [0.5, 0.6) is 0 Å². The van der Waals surface area contributed by atoms with E-state index in [1.54, 1.807) is 0 Å². The Morgan fingerprint density at radius 2 is 2.10 bits per heavy atom. The van der Waals surface area contributed by atoms with E-state index < -0.39 is 10.9 Å². The lowest BCUT2D eigenvalue weighted by Gasteiger charge is -2.39. The molecule has 0 saturated carbocycles. The lowest BCUT2D eigenvalue weighted by molar-refractivity contribution is -0.384. The highest BCUT2D eigenvalue weighted by Gasteiger charge is 2.30. The fourth-order valence-corrected chi connectivity index (χ4v) is 3.07. The first kappa shape index (κ1) is 15.6. The molecule has 1 aromatic rings. The van der Waals surface area contributed by atoms with Gasteiger partial charge in [0.25, 0.3) is 5.69 Å². The van der Waals surface area contributed by atoms with Crippen molar-refractivity contribution in [2.24, 2.45) is 5.92 Å². The number of piperidine rings is 1. The Kier molecular flexibility index (Phi) is 4.37. The molecule has 114 valence electrons. The molecule has 0 radical (unpaired) electrons. The zero-order valence-electron chi connectivity index (χ0n) is 11.9. The molecule has 0 bridgehead atoms. The average molecular weight is 313 g/mol. The molecule has 7 heteroatoms. The Bertz CT molecular complexity index is 591. The SMILES string of the molecule is CC1CCC(C)N(c2c(Cl)cc([N+](=O)[O-])cc2C(=O)O)C1. The molecular formula is C14H17ClN2O4. The van der Waals surface area contributed by atoms with Crippen molar-refractivity contribution in [1.82, 2.24) is 0 Å². The highest BCUT2D eigenvalue weighted by molar-refractivity contribution is 6.34. The second kappa shape index (κ2) is 5.89. The smallest absolute Gasteiger partial charge is 0.338 e. The van der Waals surface area contributed by atoms with E-state index in [2.05, 4.69) is 6.92 Å². The van der Waals surface area contributed by atoms with E-state index in [1.165, 1.54) is 6.07 Å². The molecule has 0 aromatic heterocycles. The predicted molar refractivity (Wildman–Crippen MR) is 80.3 cm³/mol. The number of nitro groups is 1. The van der Waals surface area contributed by atoms with Crippen molar-refractivity contribution in [2.45, 2.75) is 32.7 Å². The predicted octanol–water partition coefficient (Wildman–Crippen LogP) is 3.57. The van der Waals surface area contributed by atoms with Crippen LogP contribution in [-0.4, -0.2) is 28.6 Å². The molecule has 21 heavy (non-hydrogen) atoms. The first-order chi connectivity index (χ1) is 9.81. The molecule has 0 spiro atoms. The van der Waals surface area contributed by atoms with Crippen molar-refractivity contribution in [3.05, 3.63) is 32.8 Å². The number of aromatic carboxylic acids is 1. The summed E-state index contributed by atoms with van der Waals surface area (Å²) < 4.78 is 0. The van der Waals surface area contributed by atoms with Crippen molar-refractivity contribution in [2.75, 3.05) is 11.4 Å². The van der Waals surface area contributed by atoms with Gasteiger partial charge in [-0.3, -0.25) is 10.1 Å². The maximum absolute atomic E-state index is 11.5. The Labute approximate surface area is 127 Å². The molecule has 1 aliphatic heterocycles. The second-order valence-electron chi connectivity index (χ2n) is 5.57. The van der Waals surface area contributed by atoms with E-state index in [9.17, 15) is 20.0 Å².